The van der Waals surface area contributed by atoms with Crippen LogP contribution in [0, 0.1) is 5.92 Å². The van der Waals surface area contributed by atoms with E-state index in [0.717, 1.165) is 0 Å². The number of primary amides is 1. The molecule has 0 spiro atoms. The van der Waals surface area contributed by atoms with Gasteiger partial charge in [-0.1, -0.05) is 12.8 Å². The smallest absolute Gasteiger partial charge is 0.307 e. The van der Waals surface area contributed by atoms with Crippen LogP contribution in [-0.2, 0) is 9.59 Å². The summed E-state index contributed by atoms with van der Waals surface area (Å²) in [6, 6.07) is 0.658. The first-order valence-electron chi connectivity index (χ1n) is 7.04. The largest absolute Gasteiger partial charge is 0.481 e. The van der Waals surface area contributed by atoms with Crippen LogP contribution in [0.15, 0.2) is 0 Å². The highest BCUT2D eigenvalue weighted by molar-refractivity contribution is 5.76. The predicted molar refractivity (Wildman–Crippen MR) is 70.6 cm³/mol. The maximum absolute atomic E-state index is 11.2. The molecule has 0 aromatic heterocycles. The van der Waals surface area contributed by atoms with E-state index >= 15 is 0 Å². The molecule has 19 heavy (non-hydrogen) atoms. The van der Waals surface area contributed by atoms with Gasteiger partial charge < -0.3 is 16.2 Å². The minimum Gasteiger partial charge on any atom is -0.481 e. The topological polar surface area (TPSA) is 95.7 Å². The van der Waals surface area contributed by atoms with E-state index in [-0.39, 0.29) is 12.6 Å². The van der Waals surface area contributed by atoms with Gasteiger partial charge in [0.25, 0.3) is 0 Å². The average Bonchev–Trinajstić information content (AvgIpc) is 2.80. The molecule has 1 aliphatic carbocycles. The molecule has 1 amide bonds. The molecule has 0 aromatic rings. The van der Waals surface area contributed by atoms with E-state index in [1.165, 1.54) is 25.7 Å². The highest BCUT2D eigenvalue weighted by atomic mass is 16.4. The first-order valence-corrected chi connectivity index (χ1v) is 7.04. The minimum absolute atomic E-state index is 0.145. The Morgan fingerprint density at radius 1 is 1.21 bits per heavy atom. The molecule has 2 atom stereocenters. The number of nitrogens with zero attached hydrogens (tertiary/aromatic N) is 1. The monoisotopic (exact) mass is 269 g/mol. The van der Waals surface area contributed by atoms with E-state index in [0.29, 0.717) is 25.6 Å². The van der Waals surface area contributed by atoms with Gasteiger partial charge >= 0.3 is 5.97 Å². The lowest BCUT2D eigenvalue weighted by Crippen LogP contribution is -2.54. The van der Waals surface area contributed by atoms with Crippen LogP contribution >= 0.6 is 0 Å². The zero-order valence-electron chi connectivity index (χ0n) is 11.2. The van der Waals surface area contributed by atoms with Crippen molar-refractivity contribution in [2.75, 3.05) is 19.6 Å². The number of nitrogens with two attached hydrogens (primary N) is 1. The van der Waals surface area contributed by atoms with Crippen LogP contribution in [0.25, 0.3) is 0 Å². The highest BCUT2D eigenvalue weighted by Gasteiger charge is 2.33. The number of hydrogen-bond acceptors (Lipinski definition) is 4. The summed E-state index contributed by atoms with van der Waals surface area (Å²) in [5.74, 6) is -1.59. The number of piperidine rings is 1. The third-order valence-electron chi connectivity index (χ3n) is 4.08. The molecule has 2 rings (SSSR count). The molecule has 6 heteroatoms. The predicted octanol–water partition coefficient (Wildman–Crippen LogP) is -0.221. The first-order chi connectivity index (χ1) is 9.04. The van der Waals surface area contributed by atoms with Crippen molar-refractivity contribution in [1.29, 1.82) is 0 Å². The molecule has 0 aromatic carbocycles. The second-order valence-corrected chi connectivity index (χ2v) is 5.78. The fourth-order valence-electron chi connectivity index (χ4n) is 3.27. The Morgan fingerprint density at radius 3 is 2.47 bits per heavy atom. The van der Waals surface area contributed by atoms with Crippen LogP contribution in [0.5, 0.6) is 0 Å². The molecule has 2 fully saturated rings. The zero-order chi connectivity index (χ0) is 13.8. The molecule has 1 aliphatic heterocycles. The highest BCUT2D eigenvalue weighted by Crippen LogP contribution is 2.22. The fraction of sp³-hybridized carbons (Fsp3) is 0.846. The normalized spacial score (nSPS) is 29.5. The van der Waals surface area contributed by atoms with Crippen LogP contribution < -0.4 is 11.1 Å². The summed E-state index contributed by atoms with van der Waals surface area (Å²) in [6.45, 7) is 1.27. The lowest BCUT2D eigenvalue weighted by atomic mass is 9.93. The van der Waals surface area contributed by atoms with Gasteiger partial charge in [0.1, 0.15) is 0 Å². The van der Waals surface area contributed by atoms with Crippen LogP contribution in [-0.4, -0.2) is 53.6 Å². The summed E-state index contributed by atoms with van der Waals surface area (Å²) in [7, 11) is 0. The van der Waals surface area contributed by atoms with Crippen LogP contribution in [0.2, 0.25) is 0 Å². The SMILES string of the molecule is NC(=O)CN1CC(NC2CCCC2)CC(C(=O)O)C1. The number of carbonyl (C=O) groups is 2. The summed E-state index contributed by atoms with van der Waals surface area (Å²) >= 11 is 0. The fourth-order valence-corrected chi connectivity index (χ4v) is 3.27. The Hall–Kier alpha value is -1.14. The summed E-state index contributed by atoms with van der Waals surface area (Å²) in [4.78, 5) is 24.1. The number of carboxylic acid groups (broad SMARTS) is 1. The molecule has 108 valence electrons. The van der Waals surface area contributed by atoms with Crippen molar-refractivity contribution < 1.29 is 14.7 Å². The van der Waals surface area contributed by atoms with Gasteiger partial charge in [0.2, 0.25) is 5.91 Å². The molecule has 1 saturated carbocycles. The lowest BCUT2D eigenvalue weighted by Gasteiger charge is -2.37. The van der Waals surface area contributed by atoms with Gasteiger partial charge in [-0.05, 0) is 19.3 Å². The van der Waals surface area contributed by atoms with Gasteiger partial charge in [-0.2, -0.15) is 0 Å². The second-order valence-electron chi connectivity index (χ2n) is 5.78. The summed E-state index contributed by atoms with van der Waals surface area (Å²) < 4.78 is 0. The number of carboxylic acids is 1. The van der Waals surface area contributed by atoms with E-state index in [1.54, 1.807) is 0 Å². The summed E-state index contributed by atoms with van der Waals surface area (Å²) in [5, 5.41) is 12.7. The molecule has 1 saturated heterocycles. The molecule has 2 aliphatic rings. The lowest BCUT2D eigenvalue weighted by molar-refractivity contribution is -0.144. The number of carbonyl (C=O) groups excluding carboxylic acids is 1. The van der Waals surface area contributed by atoms with Crippen LogP contribution in [0.1, 0.15) is 32.1 Å². The number of amides is 1. The Morgan fingerprint density at radius 2 is 1.89 bits per heavy atom. The van der Waals surface area contributed by atoms with Gasteiger partial charge in [0, 0.05) is 25.2 Å². The van der Waals surface area contributed by atoms with Crippen molar-refractivity contribution in [1.82, 2.24) is 10.2 Å². The van der Waals surface area contributed by atoms with Gasteiger partial charge in [-0.3, -0.25) is 14.5 Å². The Kier molecular flexibility index (Phi) is 4.76. The molecule has 6 nitrogen and oxygen atoms in total. The van der Waals surface area contributed by atoms with Gasteiger partial charge in [-0.15, -0.1) is 0 Å². The van der Waals surface area contributed by atoms with Crippen molar-refractivity contribution in [2.24, 2.45) is 11.7 Å². The molecule has 1 heterocycles. The molecule has 0 bridgehead atoms. The van der Waals surface area contributed by atoms with Crippen molar-refractivity contribution in [3.63, 3.8) is 0 Å². The molecular weight excluding hydrogens is 246 g/mol. The molecule has 0 radical (unpaired) electrons. The molecular formula is C13H23N3O3. The van der Waals surface area contributed by atoms with Crippen molar-refractivity contribution in [3.8, 4) is 0 Å². The van der Waals surface area contributed by atoms with Crippen LogP contribution in [0.4, 0.5) is 0 Å². The van der Waals surface area contributed by atoms with Gasteiger partial charge in [0.15, 0.2) is 0 Å². The van der Waals surface area contributed by atoms with Gasteiger partial charge in [0.05, 0.1) is 12.5 Å². The third kappa shape index (κ3) is 4.18. The Balaban J connectivity index is 1.92. The van der Waals surface area contributed by atoms with Crippen LogP contribution in [0.3, 0.4) is 0 Å². The zero-order valence-corrected chi connectivity index (χ0v) is 11.2. The van der Waals surface area contributed by atoms with E-state index in [1.807, 2.05) is 4.90 Å². The van der Waals surface area contributed by atoms with E-state index in [4.69, 9.17) is 5.73 Å². The number of likely N-dealkylation sites (tertiary alicyclic amines) is 1. The standard InChI is InChI=1S/C13H23N3O3/c14-12(17)8-16-6-9(13(18)19)5-11(7-16)15-10-3-1-2-4-10/h9-11,15H,1-8H2,(H2,14,17)(H,18,19). The van der Waals surface area contributed by atoms with Crippen molar-refractivity contribution in [2.45, 2.75) is 44.2 Å². The number of hydrogen-bond donors (Lipinski definition) is 3. The quantitative estimate of drug-likeness (QED) is 0.641. The number of aliphatic carboxylic acids is 1. The Bertz CT molecular complexity index is 342. The first kappa shape index (κ1) is 14.3. The maximum Gasteiger partial charge on any atom is 0.307 e. The van der Waals surface area contributed by atoms with E-state index in [2.05, 4.69) is 5.32 Å². The van der Waals surface area contributed by atoms with Gasteiger partial charge in [-0.25, -0.2) is 0 Å². The maximum atomic E-state index is 11.2. The molecule has 2 unspecified atom stereocenters. The van der Waals surface area contributed by atoms with Crippen molar-refractivity contribution >= 4 is 11.9 Å². The number of rotatable bonds is 5. The van der Waals surface area contributed by atoms with Crippen molar-refractivity contribution in [3.05, 3.63) is 0 Å². The average molecular weight is 269 g/mol. The van der Waals surface area contributed by atoms with E-state index < -0.39 is 17.8 Å². The molecule has 4 N–H and O–H groups in total. The summed E-state index contributed by atoms with van der Waals surface area (Å²) in [5.41, 5.74) is 5.21. The minimum atomic E-state index is -0.785. The summed E-state index contributed by atoms with van der Waals surface area (Å²) in [6.07, 6.45) is 5.48. The number of nitrogens with one attached hydrogen (secondary N) is 1. The third-order valence-corrected chi connectivity index (χ3v) is 4.08. The van der Waals surface area contributed by atoms with E-state index in [9.17, 15) is 14.7 Å². The Labute approximate surface area is 113 Å². The second kappa shape index (κ2) is 6.34.